The van der Waals surface area contributed by atoms with E-state index in [-0.39, 0.29) is 24.4 Å². The molecule has 2 aromatic rings. The normalized spacial score (nSPS) is 26.3. The second kappa shape index (κ2) is 9.73. The van der Waals surface area contributed by atoms with Crippen LogP contribution in [0.25, 0.3) is 0 Å². The van der Waals surface area contributed by atoms with E-state index in [1.54, 1.807) is 7.11 Å². The van der Waals surface area contributed by atoms with Gasteiger partial charge in [-0.1, -0.05) is 51.4 Å². The van der Waals surface area contributed by atoms with Crippen LogP contribution >= 0.6 is 11.6 Å². The number of benzene rings is 2. The van der Waals surface area contributed by atoms with Crippen LogP contribution in [0.2, 0.25) is 0 Å². The van der Waals surface area contributed by atoms with Crippen molar-refractivity contribution in [3.8, 4) is 23.0 Å². The molecule has 0 spiro atoms. The molecule has 0 N–H and O–H groups in total. The van der Waals surface area contributed by atoms with Crippen molar-refractivity contribution < 1.29 is 23.7 Å². The van der Waals surface area contributed by atoms with E-state index in [0.717, 1.165) is 75.4 Å². The first kappa shape index (κ1) is 28.2. The van der Waals surface area contributed by atoms with Gasteiger partial charge in [0.1, 0.15) is 0 Å². The summed E-state index contributed by atoms with van der Waals surface area (Å²) >= 11 is 7.13. The molecule has 0 saturated carbocycles. The number of hydrogen-bond donors (Lipinski definition) is 0. The number of ether oxygens (including phenoxy) is 5. The molecule has 0 bridgehead atoms. The van der Waals surface area contributed by atoms with Crippen LogP contribution in [0.3, 0.4) is 0 Å². The first-order valence-electron chi connectivity index (χ1n) is 14.9. The summed E-state index contributed by atoms with van der Waals surface area (Å²) in [5, 5.41) is 0.819. The van der Waals surface area contributed by atoms with Crippen LogP contribution in [0.1, 0.15) is 58.1 Å². The van der Waals surface area contributed by atoms with Gasteiger partial charge in [0, 0.05) is 66.3 Å². The Morgan fingerprint density at radius 1 is 0.814 bits per heavy atom. The number of likely N-dealkylation sites (N-methyl/N-ethyl adjacent to an activating group) is 2. The molecule has 43 heavy (non-hydrogen) atoms. The topological polar surface area (TPSA) is 52.6 Å². The van der Waals surface area contributed by atoms with E-state index < -0.39 is 5.72 Å². The molecule has 8 heteroatoms. The summed E-state index contributed by atoms with van der Waals surface area (Å²) < 4.78 is 29.1. The van der Waals surface area contributed by atoms with Gasteiger partial charge in [-0.05, 0) is 65.8 Å². The predicted molar refractivity (Wildman–Crippen MR) is 170 cm³/mol. The highest BCUT2D eigenvalue weighted by molar-refractivity contribution is 6.32. The average molecular weight is 603 g/mol. The maximum atomic E-state index is 7.13. The lowest BCUT2D eigenvalue weighted by Gasteiger charge is -2.43. The highest BCUT2D eigenvalue weighted by atomic mass is 35.5. The molecule has 5 aliphatic rings. The number of anilines is 2. The van der Waals surface area contributed by atoms with Crippen molar-refractivity contribution >= 4 is 23.0 Å². The molecule has 1 atom stereocenters. The predicted octanol–water partition coefficient (Wildman–Crippen LogP) is 7.69. The van der Waals surface area contributed by atoms with Gasteiger partial charge < -0.3 is 33.5 Å². The molecule has 7 rings (SSSR count). The van der Waals surface area contributed by atoms with Crippen LogP contribution in [0.4, 0.5) is 11.4 Å². The third kappa shape index (κ3) is 3.97. The van der Waals surface area contributed by atoms with Crippen molar-refractivity contribution in [2.45, 2.75) is 63.5 Å². The lowest BCUT2D eigenvalue weighted by atomic mass is 9.76. The first-order valence-corrected chi connectivity index (χ1v) is 15.3. The van der Waals surface area contributed by atoms with Gasteiger partial charge in [0.25, 0.3) is 0 Å². The fourth-order valence-electron chi connectivity index (χ4n) is 7.60. The number of allylic oxidation sites excluding steroid dienone is 7. The van der Waals surface area contributed by atoms with Crippen LogP contribution in [-0.4, -0.2) is 40.5 Å². The second-order valence-electron chi connectivity index (χ2n) is 13.0. The summed E-state index contributed by atoms with van der Waals surface area (Å²) in [7, 11) is 5.96. The molecule has 0 fully saturated rings. The molecule has 7 nitrogen and oxygen atoms in total. The molecule has 0 radical (unpaired) electrons. The van der Waals surface area contributed by atoms with E-state index in [2.05, 4.69) is 100 Å². The Balaban J connectivity index is 1.20. The SMILES string of the molecule is COC1(C=CC2=C(Cl)C(=CC=C3N(C)c4cc5c(cc4C3(C)C)OCO5)CCC2)N(C)c2cc3c(cc2C1(C)C)OCO3. The summed E-state index contributed by atoms with van der Waals surface area (Å²) in [4.78, 5) is 4.44. The third-order valence-corrected chi connectivity index (χ3v) is 10.7. The van der Waals surface area contributed by atoms with Gasteiger partial charge in [-0.2, -0.15) is 0 Å². The van der Waals surface area contributed by atoms with E-state index in [0.29, 0.717) is 0 Å². The van der Waals surface area contributed by atoms with Crippen LogP contribution in [-0.2, 0) is 15.6 Å². The molecule has 2 aromatic carbocycles. The van der Waals surface area contributed by atoms with Crippen molar-refractivity contribution in [3.05, 3.63) is 81.6 Å². The number of rotatable bonds is 4. The number of halogens is 1. The van der Waals surface area contributed by atoms with E-state index in [4.69, 9.17) is 35.3 Å². The Morgan fingerprint density at radius 2 is 1.42 bits per heavy atom. The fraction of sp³-hybridized carbons (Fsp3) is 0.429. The quantitative estimate of drug-likeness (QED) is 0.356. The van der Waals surface area contributed by atoms with Crippen molar-refractivity contribution in [1.29, 1.82) is 0 Å². The zero-order valence-electron chi connectivity index (χ0n) is 26.0. The summed E-state index contributed by atoms with van der Waals surface area (Å²) in [5.41, 5.74) is 6.82. The van der Waals surface area contributed by atoms with Gasteiger partial charge in [-0.3, -0.25) is 0 Å². The number of nitrogens with zero attached hydrogens (tertiary/aromatic N) is 2. The highest BCUT2D eigenvalue weighted by Crippen LogP contribution is 2.56. The van der Waals surface area contributed by atoms with Crippen molar-refractivity contribution in [2.75, 3.05) is 44.6 Å². The minimum Gasteiger partial charge on any atom is -0.454 e. The summed E-state index contributed by atoms with van der Waals surface area (Å²) in [6.07, 6.45) is 11.6. The zero-order valence-corrected chi connectivity index (χ0v) is 26.7. The maximum absolute atomic E-state index is 7.13. The van der Waals surface area contributed by atoms with Gasteiger partial charge in [0.05, 0.1) is 0 Å². The first-order chi connectivity index (χ1) is 20.5. The Bertz CT molecular complexity index is 1650. The minimum atomic E-state index is -0.714. The standard InChI is InChI=1S/C35H39ClN2O5/c1-33(2)23-15-27-29(42-19-40-27)17-25(23)37(5)31(33)12-11-21-9-8-10-22(32(21)36)13-14-35(39-7)34(3,4)24-16-28-30(43-20-41-28)18-26(24)38(35)6/h11-18H,8-10,19-20H2,1-7H3. The Kier molecular flexibility index (Phi) is 6.39. The number of fused-ring (bicyclic) bond motifs is 4. The fourth-order valence-corrected chi connectivity index (χ4v) is 7.91. The third-order valence-electron chi connectivity index (χ3n) is 10.2. The highest BCUT2D eigenvalue weighted by Gasteiger charge is 2.55. The summed E-state index contributed by atoms with van der Waals surface area (Å²) in [6.45, 7) is 9.46. The molecule has 0 saturated heterocycles. The molecule has 226 valence electrons. The zero-order chi connectivity index (χ0) is 30.3. The Morgan fingerprint density at radius 3 is 2.07 bits per heavy atom. The van der Waals surface area contributed by atoms with Crippen LogP contribution in [0.15, 0.2) is 70.4 Å². The van der Waals surface area contributed by atoms with Crippen molar-refractivity contribution in [2.24, 2.45) is 0 Å². The molecule has 0 amide bonds. The Hall–Kier alpha value is -3.55. The molecular formula is C35H39ClN2O5. The van der Waals surface area contributed by atoms with E-state index in [1.165, 1.54) is 11.3 Å². The largest absolute Gasteiger partial charge is 0.454 e. The number of hydrogen-bond acceptors (Lipinski definition) is 7. The van der Waals surface area contributed by atoms with Crippen LogP contribution in [0.5, 0.6) is 23.0 Å². The van der Waals surface area contributed by atoms with Gasteiger partial charge in [-0.25, -0.2) is 0 Å². The molecular weight excluding hydrogens is 564 g/mol. The number of methoxy groups -OCH3 is 1. The molecule has 1 aliphatic carbocycles. The lowest BCUT2D eigenvalue weighted by molar-refractivity contribution is -0.0129. The average Bonchev–Trinajstić information content (AvgIpc) is 3.71. The van der Waals surface area contributed by atoms with Gasteiger partial charge in [-0.15, -0.1) is 0 Å². The smallest absolute Gasteiger partial charge is 0.231 e. The monoisotopic (exact) mass is 602 g/mol. The van der Waals surface area contributed by atoms with E-state index in [1.807, 2.05) is 0 Å². The van der Waals surface area contributed by atoms with Crippen LogP contribution < -0.4 is 28.7 Å². The molecule has 4 heterocycles. The maximum Gasteiger partial charge on any atom is 0.231 e. The van der Waals surface area contributed by atoms with Crippen LogP contribution in [0, 0.1) is 0 Å². The van der Waals surface area contributed by atoms with Gasteiger partial charge in [0.2, 0.25) is 13.6 Å². The van der Waals surface area contributed by atoms with Gasteiger partial charge in [0.15, 0.2) is 28.7 Å². The van der Waals surface area contributed by atoms with Gasteiger partial charge >= 0.3 is 0 Å². The van der Waals surface area contributed by atoms with E-state index >= 15 is 0 Å². The lowest BCUT2D eigenvalue weighted by Crippen LogP contribution is -2.54. The van der Waals surface area contributed by atoms with Crippen molar-refractivity contribution in [1.82, 2.24) is 0 Å². The molecule has 0 aromatic heterocycles. The summed E-state index contributed by atoms with van der Waals surface area (Å²) in [5.74, 6) is 3.16. The molecule has 1 unspecified atom stereocenters. The second-order valence-corrected chi connectivity index (χ2v) is 13.4. The Labute approximate surface area is 258 Å². The van der Waals surface area contributed by atoms with Crippen molar-refractivity contribution in [3.63, 3.8) is 0 Å². The van der Waals surface area contributed by atoms with E-state index in [9.17, 15) is 0 Å². The molecule has 4 aliphatic heterocycles. The minimum absolute atomic E-state index is 0.190. The summed E-state index contributed by atoms with van der Waals surface area (Å²) in [6, 6.07) is 8.36.